The zero-order chi connectivity index (χ0) is 28.4. The van der Waals surface area contributed by atoms with Crippen LogP contribution in [0.4, 0.5) is 0 Å². The van der Waals surface area contributed by atoms with Gasteiger partial charge in [0, 0.05) is 11.1 Å². The average Bonchev–Trinajstić information content (AvgIpc) is 3.42. The fourth-order valence-corrected chi connectivity index (χ4v) is 5.09. The summed E-state index contributed by atoms with van der Waals surface area (Å²) in [5.74, 6) is 3.66. The summed E-state index contributed by atoms with van der Waals surface area (Å²) >= 11 is 5.71. The molecule has 1 aromatic heterocycles. The SMILES string of the molecule is COc1cc(C2=C(c3nc4ccccc4[nH]3)[C@H](c3cc(OC)c(OC)c(OC)c3)NC(=S)N2)cc(OC)c1OC. The van der Waals surface area contributed by atoms with Gasteiger partial charge in [0.25, 0.3) is 0 Å². The molecule has 5 rings (SSSR count). The van der Waals surface area contributed by atoms with Gasteiger partial charge in [-0.1, -0.05) is 12.1 Å². The van der Waals surface area contributed by atoms with Crippen molar-refractivity contribution in [1.82, 2.24) is 20.6 Å². The number of thiocarbonyl (C=S) groups is 1. The Morgan fingerprint density at radius 3 is 1.80 bits per heavy atom. The summed E-state index contributed by atoms with van der Waals surface area (Å²) in [5.41, 5.74) is 4.80. The maximum absolute atomic E-state index is 5.71. The van der Waals surface area contributed by atoms with Crippen molar-refractivity contribution in [3.05, 3.63) is 65.5 Å². The first-order chi connectivity index (χ1) is 19.5. The van der Waals surface area contributed by atoms with Crippen LogP contribution in [0.15, 0.2) is 48.5 Å². The van der Waals surface area contributed by atoms with Crippen LogP contribution >= 0.6 is 12.2 Å². The summed E-state index contributed by atoms with van der Waals surface area (Å²) in [6.45, 7) is 0. The predicted octanol–water partition coefficient (Wildman–Crippen LogP) is 4.70. The van der Waals surface area contributed by atoms with Crippen molar-refractivity contribution in [1.29, 1.82) is 0 Å². The molecule has 3 aromatic carbocycles. The van der Waals surface area contributed by atoms with Crippen LogP contribution < -0.4 is 39.1 Å². The fraction of sp³-hybridized carbons (Fsp3) is 0.241. The van der Waals surface area contributed by atoms with E-state index >= 15 is 0 Å². The molecular formula is C29H30N4O6S. The minimum absolute atomic E-state index is 0.419. The topological polar surface area (TPSA) is 108 Å². The smallest absolute Gasteiger partial charge is 0.203 e. The highest BCUT2D eigenvalue weighted by Crippen LogP contribution is 2.46. The van der Waals surface area contributed by atoms with E-state index in [-0.39, 0.29) is 0 Å². The number of aromatic nitrogens is 2. The number of para-hydroxylation sites is 2. The van der Waals surface area contributed by atoms with Crippen LogP contribution in [0.5, 0.6) is 34.5 Å². The van der Waals surface area contributed by atoms with Gasteiger partial charge in [-0.3, -0.25) is 0 Å². The highest BCUT2D eigenvalue weighted by atomic mass is 32.1. The summed E-state index contributed by atoms with van der Waals surface area (Å²) in [6.07, 6.45) is 0. The summed E-state index contributed by atoms with van der Waals surface area (Å²) < 4.78 is 33.7. The van der Waals surface area contributed by atoms with Crippen LogP contribution in [0, 0.1) is 0 Å². The number of benzene rings is 3. The Balaban J connectivity index is 1.82. The number of methoxy groups -OCH3 is 6. The molecule has 1 aliphatic rings. The minimum Gasteiger partial charge on any atom is -0.493 e. The Bertz CT molecular complexity index is 1530. The Kier molecular flexibility index (Phi) is 7.56. The summed E-state index contributed by atoms with van der Waals surface area (Å²) in [6, 6.07) is 14.9. The van der Waals surface area contributed by atoms with Gasteiger partial charge in [-0.2, -0.15) is 0 Å². The molecule has 0 aliphatic carbocycles. The molecule has 0 saturated heterocycles. The maximum atomic E-state index is 5.71. The standard InChI is InChI=1S/C29H30N4O6S/c1-34-19-11-15(12-20(35-2)26(19)38-5)24-23(28-30-17-9-7-8-10-18(17)31-28)25(33-29(40)32-24)16-13-21(36-3)27(39-6)22(14-16)37-4/h7-14,24H,1-6H3,(H,30,31)(H2,32,33,40)/t24-/m0/s1. The average molecular weight is 563 g/mol. The zero-order valence-electron chi connectivity index (χ0n) is 23.0. The van der Waals surface area contributed by atoms with Gasteiger partial charge in [0.15, 0.2) is 28.1 Å². The Morgan fingerprint density at radius 1 is 0.725 bits per heavy atom. The molecule has 10 nitrogen and oxygen atoms in total. The first-order valence-corrected chi connectivity index (χ1v) is 12.7. The number of H-pyrrole nitrogens is 1. The van der Waals surface area contributed by atoms with Crippen molar-refractivity contribution in [2.45, 2.75) is 6.04 Å². The Labute approximate surface area is 237 Å². The lowest BCUT2D eigenvalue weighted by molar-refractivity contribution is 0.323. The van der Waals surface area contributed by atoms with Gasteiger partial charge >= 0.3 is 0 Å². The summed E-state index contributed by atoms with van der Waals surface area (Å²) in [4.78, 5) is 8.41. The number of ether oxygens (including phenoxy) is 6. The molecule has 0 bridgehead atoms. The first kappa shape index (κ1) is 26.9. The van der Waals surface area contributed by atoms with E-state index in [1.807, 2.05) is 48.5 Å². The van der Waals surface area contributed by atoms with Gasteiger partial charge < -0.3 is 44.0 Å². The van der Waals surface area contributed by atoms with Gasteiger partial charge in [0.05, 0.1) is 65.4 Å². The third-order valence-corrected chi connectivity index (χ3v) is 6.91. The lowest BCUT2D eigenvalue weighted by Gasteiger charge is -2.32. The number of rotatable bonds is 9. The fourth-order valence-electron chi connectivity index (χ4n) is 4.87. The van der Waals surface area contributed by atoms with Crippen LogP contribution in [0.3, 0.4) is 0 Å². The highest BCUT2D eigenvalue weighted by Gasteiger charge is 2.33. The third kappa shape index (κ3) is 4.68. The largest absolute Gasteiger partial charge is 0.493 e. The second-order valence-corrected chi connectivity index (χ2v) is 9.20. The van der Waals surface area contributed by atoms with Gasteiger partial charge in [-0.15, -0.1) is 0 Å². The van der Waals surface area contributed by atoms with Crippen LogP contribution in [0.25, 0.3) is 22.3 Å². The van der Waals surface area contributed by atoms with Crippen molar-refractivity contribution in [3.8, 4) is 34.5 Å². The van der Waals surface area contributed by atoms with Gasteiger partial charge in [0.1, 0.15) is 5.82 Å². The molecule has 0 spiro atoms. The van der Waals surface area contributed by atoms with E-state index in [1.54, 1.807) is 42.7 Å². The molecular weight excluding hydrogens is 532 g/mol. The van der Waals surface area contributed by atoms with Gasteiger partial charge in [-0.25, -0.2) is 4.98 Å². The molecule has 0 radical (unpaired) electrons. The summed E-state index contributed by atoms with van der Waals surface area (Å²) in [5, 5.41) is 7.17. The second kappa shape index (κ2) is 11.2. The molecule has 40 heavy (non-hydrogen) atoms. The van der Waals surface area contributed by atoms with E-state index in [1.165, 1.54) is 0 Å². The molecule has 1 atom stereocenters. The number of imidazole rings is 1. The minimum atomic E-state index is -0.461. The van der Waals surface area contributed by atoms with Crippen molar-refractivity contribution in [2.75, 3.05) is 42.7 Å². The van der Waals surface area contributed by atoms with E-state index < -0.39 is 6.04 Å². The van der Waals surface area contributed by atoms with Crippen molar-refractivity contribution < 1.29 is 28.4 Å². The van der Waals surface area contributed by atoms with Crippen LogP contribution in [0.1, 0.15) is 23.0 Å². The number of fused-ring (bicyclic) bond motifs is 1. The number of nitrogens with zero attached hydrogens (tertiary/aromatic N) is 1. The van der Waals surface area contributed by atoms with Gasteiger partial charge in [-0.05, 0) is 54.2 Å². The molecule has 0 fully saturated rings. The number of hydrogen-bond acceptors (Lipinski definition) is 8. The van der Waals surface area contributed by atoms with Crippen molar-refractivity contribution in [2.24, 2.45) is 0 Å². The molecule has 11 heteroatoms. The number of nitrogens with one attached hydrogen (secondary N) is 3. The molecule has 208 valence electrons. The molecule has 3 N–H and O–H groups in total. The number of aromatic amines is 1. The molecule has 0 saturated carbocycles. The van der Waals surface area contributed by atoms with E-state index in [4.69, 9.17) is 45.6 Å². The molecule has 2 heterocycles. The highest BCUT2D eigenvalue weighted by molar-refractivity contribution is 7.80. The Hall–Kier alpha value is -4.64. The van der Waals surface area contributed by atoms with Gasteiger partial charge in [0.2, 0.25) is 11.5 Å². The molecule has 0 unspecified atom stereocenters. The lowest BCUT2D eigenvalue weighted by Crippen LogP contribution is -2.43. The van der Waals surface area contributed by atoms with Crippen LogP contribution in [-0.2, 0) is 0 Å². The lowest BCUT2D eigenvalue weighted by atomic mass is 9.91. The second-order valence-electron chi connectivity index (χ2n) is 8.80. The first-order valence-electron chi connectivity index (χ1n) is 12.3. The van der Waals surface area contributed by atoms with E-state index in [9.17, 15) is 0 Å². The zero-order valence-corrected chi connectivity index (χ0v) is 23.8. The van der Waals surface area contributed by atoms with Crippen molar-refractivity contribution >= 4 is 39.6 Å². The number of hydrogen-bond donors (Lipinski definition) is 3. The third-order valence-electron chi connectivity index (χ3n) is 6.69. The molecule has 1 aliphatic heterocycles. The van der Waals surface area contributed by atoms with Crippen LogP contribution in [0.2, 0.25) is 0 Å². The monoisotopic (exact) mass is 562 g/mol. The molecule has 4 aromatic rings. The van der Waals surface area contributed by atoms with E-state index in [0.29, 0.717) is 51.1 Å². The maximum Gasteiger partial charge on any atom is 0.203 e. The quantitative estimate of drug-likeness (QED) is 0.249. The molecule has 0 amide bonds. The normalized spacial score (nSPS) is 14.8. The van der Waals surface area contributed by atoms with Crippen LogP contribution in [-0.4, -0.2) is 57.7 Å². The van der Waals surface area contributed by atoms with E-state index in [2.05, 4.69) is 15.6 Å². The van der Waals surface area contributed by atoms with Crippen molar-refractivity contribution in [3.63, 3.8) is 0 Å². The summed E-state index contributed by atoms with van der Waals surface area (Å²) in [7, 11) is 9.46. The predicted molar refractivity (Wildman–Crippen MR) is 157 cm³/mol. The Morgan fingerprint density at radius 2 is 1.27 bits per heavy atom. The van der Waals surface area contributed by atoms with E-state index in [0.717, 1.165) is 27.7 Å².